The lowest BCUT2D eigenvalue weighted by Gasteiger charge is -2.22. The Balaban J connectivity index is 1.69. The molecule has 1 aromatic carbocycles. The minimum Gasteiger partial charge on any atom is -0.350 e. The molecule has 0 saturated carbocycles. The zero-order valence-corrected chi connectivity index (χ0v) is 14.2. The molecule has 132 valence electrons. The van der Waals surface area contributed by atoms with Gasteiger partial charge in [-0.2, -0.15) is 0 Å². The first-order valence-electron chi connectivity index (χ1n) is 8.46. The van der Waals surface area contributed by atoms with Gasteiger partial charge < -0.3 is 9.30 Å². The van der Waals surface area contributed by atoms with Crippen molar-refractivity contribution in [1.29, 1.82) is 0 Å². The molecule has 0 unspecified atom stereocenters. The minimum absolute atomic E-state index is 0.0472. The topological polar surface area (TPSA) is 69.6 Å². The quantitative estimate of drug-likeness (QED) is 0.847. The fourth-order valence-corrected chi connectivity index (χ4v) is 2.82. The molecule has 25 heavy (non-hydrogen) atoms. The van der Waals surface area contributed by atoms with E-state index in [1.54, 1.807) is 12.3 Å². The maximum Gasteiger partial charge on any atom is 0.280 e. The van der Waals surface area contributed by atoms with Gasteiger partial charge in [0.25, 0.3) is 11.5 Å². The Labute approximate surface area is 146 Å². The van der Waals surface area contributed by atoms with Crippen molar-refractivity contribution in [1.82, 2.24) is 10.0 Å². The van der Waals surface area contributed by atoms with Gasteiger partial charge in [-0.3, -0.25) is 9.59 Å². The van der Waals surface area contributed by atoms with Crippen molar-refractivity contribution < 1.29 is 14.4 Å². The maximum absolute atomic E-state index is 12.6. The molecular formula is C19H22N2O4. The number of nitrogens with zero attached hydrogens (tertiary/aromatic N) is 1. The smallest absolute Gasteiger partial charge is 0.280 e. The molecule has 1 atom stereocenters. The van der Waals surface area contributed by atoms with E-state index >= 15 is 0 Å². The molecule has 6 heteroatoms. The number of hydrogen-bond donors (Lipinski definition) is 1. The first-order chi connectivity index (χ1) is 12.1. The molecule has 1 aromatic heterocycles. The van der Waals surface area contributed by atoms with E-state index in [1.165, 1.54) is 10.6 Å². The lowest BCUT2D eigenvalue weighted by atomic mass is 10.1. The largest absolute Gasteiger partial charge is 0.350 e. The summed E-state index contributed by atoms with van der Waals surface area (Å²) in [6, 6.07) is 11.1. The van der Waals surface area contributed by atoms with Crippen LogP contribution in [0.4, 0.5) is 0 Å². The molecule has 6 nitrogen and oxygen atoms in total. The van der Waals surface area contributed by atoms with Gasteiger partial charge in [0.15, 0.2) is 6.29 Å². The van der Waals surface area contributed by atoms with Crippen molar-refractivity contribution in [3.63, 3.8) is 0 Å². The van der Waals surface area contributed by atoms with Crippen molar-refractivity contribution in [2.45, 2.75) is 39.0 Å². The van der Waals surface area contributed by atoms with E-state index in [2.05, 4.69) is 5.48 Å². The molecule has 0 aliphatic carbocycles. The SMILES string of the molecule is Cc1cccc(Cn2cccc(C(=O)NO[C@@H]3CCCCO3)c2=O)c1. The molecule has 1 amide bonds. The molecule has 1 fully saturated rings. The highest BCUT2D eigenvalue weighted by Crippen LogP contribution is 2.12. The van der Waals surface area contributed by atoms with Gasteiger partial charge in [0.05, 0.1) is 6.54 Å². The third-order valence-corrected chi connectivity index (χ3v) is 4.12. The van der Waals surface area contributed by atoms with Crippen molar-refractivity contribution in [3.8, 4) is 0 Å². The summed E-state index contributed by atoms with van der Waals surface area (Å²) in [6.07, 6.45) is 3.95. The Morgan fingerprint density at radius 2 is 2.20 bits per heavy atom. The van der Waals surface area contributed by atoms with Crippen LogP contribution in [-0.4, -0.2) is 23.4 Å². The third kappa shape index (κ3) is 4.55. The number of hydroxylamine groups is 1. The van der Waals surface area contributed by atoms with E-state index < -0.39 is 12.2 Å². The van der Waals surface area contributed by atoms with Gasteiger partial charge in [0.2, 0.25) is 0 Å². The van der Waals surface area contributed by atoms with Gasteiger partial charge in [-0.25, -0.2) is 10.3 Å². The molecule has 3 rings (SSSR count). The number of ether oxygens (including phenoxy) is 1. The van der Waals surface area contributed by atoms with Crippen LogP contribution in [0.2, 0.25) is 0 Å². The van der Waals surface area contributed by atoms with Gasteiger partial charge in [-0.05, 0) is 37.5 Å². The lowest BCUT2D eigenvalue weighted by molar-refractivity contribution is -0.186. The van der Waals surface area contributed by atoms with Gasteiger partial charge >= 0.3 is 0 Å². The molecular weight excluding hydrogens is 320 g/mol. The van der Waals surface area contributed by atoms with Crippen LogP contribution in [0.25, 0.3) is 0 Å². The van der Waals surface area contributed by atoms with E-state index in [9.17, 15) is 9.59 Å². The number of aromatic nitrogens is 1. The van der Waals surface area contributed by atoms with Crippen LogP contribution in [0.1, 0.15) is 40.7 Å². The Hall–Kier alpha value is -2.44. The Morgan fingerprint density at radius 3 is 2.96 bits per heavy atom. The summed E-state index contributed by atoms with van der Waals surface area (Å²) in [5.41, 5.74) is 4.16. The standard InChI is InChI=1S/C19H22N2O4/c1-14-6-4-7-15(12-14)13-21-10-5-8-16(19(21)23)18(22)20-25-17-9-2-3-11-24-17/h4-8,10,12,17H,2-3,9,11,13H2,1H3,(H,20,22)/t17-/m1/s1. The summed E-state index contributed by atoms with van der Waals surface area (Å²) in [5.74, 6) is -0.558. The molecule has 0 spiro atoms. The van der Waals surface area contributed by atoms with Gasteiger partial charge in [0, 0.05) is 19.2 Å². The summed E-state index contributed by atoms with van der Waals surface area (Å²) in [4.78, 5) is 30.1. The number of amides is 1. The zero-order valence-electron chi connectivity index (χ0n) is 14.2. The average Bonchev–Trinajstić information content (AvgIpc) is 2.62. The van der Waals surface area contributed by atoms with Crippen LogP contribution in [0.5, 0.6) is 0 Å². The molecule has 0 bridgehead atoms. The Kier molecular flexibility index (Phi) is 5.63. The number of nitrogens with one attached hydrogen (secondary N) is 1. The summed E-state index contributed by atoms with van der Waals surface area (Å²) in [7, 11) is 0. The summed E-state index contributed by atoms with van der Waals surface area (Å²) in [6.45, 7) is 3.03. The highest BCUT2D eigenvalue weighted by atomic mass is 16.8. The highest BCUT2D eigenvalue weighted by molar-refractivity contribution is 5.93. The fourth-order valence-electron chi connectivity index (χ4n) is 2.82. The average molecular weight is 342 g/mol. The zero-order chi connectivity index (χ0) is 17.6. The molecule has 1 saturated heterocycles. The number of carbonyl (C=O) groups is 1. The second-order valence-corrected chi connectivity index (χ2v) is 6.19. The van der Waals surface area contributed by atoms with Crippen molar-refractivity contribution in [2.75, 3.05) is 6.61 Å². The van der Waals surface area contributed by atoms with E-state index in [0.29, 0.717) is 13.2 Å². The predicted molar refractivity (Wildman–Crippen MR) is 93.1 cm³/mol. The lowest BCUT2D eigenvalue weighted by Crippen LogP contribution is -2.37. The Morgan fingerprint density at radius 1 is 1.32 bits per heavy atom. The molecule has 1 N–H and O–H groups in total. The Bertz CT molecular complexity index is 794. The highest BCUT2D eigenvalue weighted by Gasteiger charge is 2.18. The normalized spacial score (nSPS) is 17.2. The predicted octanol–water partition coefficient (Wildman–Crippen LogP) is 2.39. The fraction of sp³-hybridized carbons (Fsp3) is 0.368. The van der Waals surface area contributed by atoms with Crippen LogP contribution < -0.4 is 11.0 Å². The molecule has 2 heterocycles. The van der Waals surface area contributed by atoms with Crippen LogP contribution in [0.3, 0.4) is 0 Å². The number of benzene rings is 1. The molecule has 1 aliphatic rings. The van der Waals surface area contributed by atoms with E-state index in [4.69, 9.17) is 9.57 Å². The number of rotatable bonds is 5. The summed E-state index contributed by atoms with van der Waals surface area (Å²) in [5, 5.41) is 0. The second kappa shape index (κ2) is 8.09. The third-order valence-electron chi connectivity index (χ3n) is 4.12. The van der Waals surface area contributed by atoms with Crippen molar-refractivity contribution >= 4 is 5.91 Å². The van der Waals surface area contributed by atoms with Gasteiger partial charge in [-0.1, -0.05) is 29.8 Å². The van der Waals surface area contributed by atoms with Crippen molar-refractivity contribution in [3.05, 3.63) is 69.6 Å². The van der Waals surface area contributed by atoms with Crippen LogP contribution >= 0.6 is 0 Å². The number of carbonyl (C=O) groups excluding carboxylic acids is 1. The summed E-state index contributed by atoms with van der Waals surface area (Å²) < 4.78 is 6.90. The number of hydrogen-bond acceptors (Lipinski definition) is 4. The van der Waals surface area contributed by atoms with Crippen LogP contribution in [-0.2, 0) is 16.1 Å². The van der Waals surface area contributed by atoms with Gasteiger partial charge in [0.1, 0.15) is 5.56 Å². The molecule has 2 aromatic rings. The first-order valence-corrected chi connectivity index (χ1v) is 8.46. The van der Waals surface area contributed by atoms with Crippen LogP contribution in [0.15, 0.2) is 47.4 Å². The summed E-state index contributed by atoms with van der Waals surface area (Å²) >= 11 is 0. The van der Waals surface area contributed by atoms with Gasteiger partial charge in [-0.15, -0.1) is 0 Å². The van der Waals surface area contributed by atoms with E-state index in [0.717, 1.165) is 30.4 Å². The second-order valence-electron chi connectivity index (χ2n) is 6.19. The van der Waals surface area contributed by atoms with Crippen molar-refractivity contribution in [2.24, 2.45) is 0 Å². The monoisotopic (exact) mass is 342 g/mol. The number of pyridine rings is 1. The van der Waals surface area contributed by atoms with E-state index in [-0.39, 0.29) is 11.1 Å². The van der Waals surface area contributed by atoms with E-state index in [1.807, 2.05) is 31.2 Å². The van der Waals surface area contributed by atoms with Crippen LogP contribution in [0, 0.1) is 6.92 Å². The number of aryl methyl sites for hydroxylation is 1. The molecule has 1 aliphatic heterocycles. The minimum atomic E-state index is -0.558. The molecule has 0 radical (unpaired) electrons. The maximum atomic E-state index is 12.6. The first kappa shape index (κ1) is 17.4.